The zero-order valence-electron chi connectivity index (χ0n) is 13.1. The average Bonchev–Trinajstić information content (AvgIpc) is 2.36. The van der Waals surface area contributed by atoms with E-state index in [1.54, 1.807) is 4.90 Å². The molecule has 2 N–H and O–H groups in total. The third-order valence-electron chi connectivity index (χ3n) is 4.62. The average molecular weight is 298 g/mol. The molecule has 6 heteroatoms. The van der Waals surface area contributed by atoms with Gasteiger partial charge in [-0.25, -0.2) is 9.59 Å². The molecule has 3 unspecified atom stereocenters. The summed E-state index contributed by atoms with van der Waals surface area (Å²) in [5.41, 5.74) is -0.525. The van der Waals surface area contributed by atoms with Gasteiger partial charge in [-0.05, 0) is 38.0 Å². The van der Waals surface area contributed by atoms with Gasteiger partial charge < -0.3 is 20.1 Å². The van der Waals surface area contributed by atoms with E-state index in [1.807, 2.05) is 6.92 Å². The maximum atomic E-state index is 12.2. The summed E-state index contributed by atoms with van der Waals surface area (Å²) in [6.07, 6.45) is 3.35. The van der Waals surface area contributed by atoms with Crippen LogP contribution in [0.1, 0.15) is 40.0 Å². The van der Waals surface area contributed by atoms with Crippen LogP contribution in [-0.2, 0) is 9.53 Å². The number of hydrogen-bond donors (Lipinski definition) is 2. The number of hydrogen-bond acceptors (Lipinski definition) is 3. The molecular weight excluding hydrogens is 272 g/mol. The fraction of sp³-hybridized carbons (Fsp3) is 0.867. The lowest BCUT2D eigenvalue weighted by molar-refractivity contribution is -0.159. The molecule has 1 saturated heterocycles. The van der Waals surface area contributed by atoms with Crippen LogP contribution in [0.15, 0.2) is 0 Å². The number of nitrogens with zero attached hydrogens (tertiary/aromatic N) is 1. The smallest absolute Gasteiger partial charge is 0.329 e. The Bertz CT molecular complexity index is 406. The Kier molecular flexibility index (Phi) is 4.76. The van der Waals surface area contributed by atoms with Crippen LogP contribution in [0.4, 0.5) is 4.79 Å². The molecule has 2 fully saturated rings. The Morgan fingerprint density at radius 2 is 2.00 bits per heavy atom. The summed E-state index contributed by atoms with van der Waals surface area (Å²) in [4.78, 5) is 24.4. The van der Waals surface area contributed by atoms with Crippen molar-refractivity contribution in [3.8, 4) is 0 Å². The van der Waals surface area contributed by atoms with Gasteiger partial charge in [0.05, 0.1) is 13.1 Å². The minimum Gasteiger partial charge on any atom is -0.480 e. The number of carboxylic acids is 1. The Morgan fingerprint density at radius 1 is 1.33 bits per heavy atom. The van der Waals surface area contributed by atoms with Crippen molar-refractivity contribution in [2.75, 3.05) is 19.7 Å². The standard InChI is InChI=1S/C15H26N2O4/c1-10-4-5-12(11(2)6-10)16-14(20)17-8-15(3,9-17)21-7-13(18)19/h10-12H,4-9H2,1-3H3,(H,16,20)(H,18,19). The Balaban J connectivity index is 1.75. The minimum absolute atomic E-state index is 0.0576. The quantitative estimate of drug-likeness (QED) is 0.828. The predicted molar refractivity (Wildman–Crippen MR) is 78.1 cm³/mol. The van der Waals surface area contributed by atoms with Crippen LogP contribution in [0.25, 0.3) is 0 Å². The molecule has 3 atom stereocenters. The van der Waals surface area contributed by atoms with Crippen molar-refractivity contribution >= 4 is 12.0 Å². The van der Waals surface area contributed by atoms with Gasteiger partial charge in [0.15, 0.2) is 0 Å². The van der Waals surface area contributed by atoms with Crippen LogP contribution in [-0.4, -0.2) is 53.3 Å². The molecule has 1 heterocycles. The van der Waals surface area contributed by atoms with E-state index >= 15 is 0 Å². The summed E-state index contributed by atoms with van der Waals surface area (Å²) in [7, 11) is 0. The first-order chi connectivity index (χ1) is 9.79. The first-order valence-electron chi connectivity index (χ1n) is 7.70. The first kappa shape index (κ1) is 16.1. The van der Waals surface area contributed by atoms with Crippen molar-refractivity contribution in [3.05, 3.63) is 0 Å². The van der Waals surface area contributed by atoms with E-state index in [0.717, 1.165) is 25.2 Å². The highest BCUT2D eigenvalue weighted by molar-refractivity contribution is 5.76. The summed E-state index contributed by atoms with van der Waals surface area (Å²) >= 11 is 0. The molecule has 0 radical (unpaired) electrons. The summed E-state index contributed by atoms with van der Waals surface area (Å²) in [5.74, 6) is 0.266. The molecule has 0 bridgehead atoms. The third-order valence-corrected chi connectivity index (χ3v) is 4.62. The zero-order chi connectivity index (χ0) is 15.6. The second kappa shape index (κ2) is 6.22. The maximum Gasteiger partial charge on any atom is 0.329 e. The van der Waals surface area contributed by atoms with Gasteiger partial charge in [0.2, 0.25) is 0 Å². The molecule has 0 spiro atoms. The number of rotatable bonds is 4. The van der Waals surface area contributed by atoms with Crippen LogP contribution < -0.4 is 5.32 Å². The van der Waals surface area contributed by atoms with E-state index in [0.29, 0.717) is 19.0 Å². The number of likely N-dealkylation sites (tertiary alicyclic amines) is 1. The van der Waals surface area contributed by atoms with Gasteiger partial charge in [0.25, 0.3) is 0 Å². The number of ether oxygens (including phenoxy) is 1. The maximum absolute atomic E-state index is 12.2. The van der Waals surface area contributed by atoms with E-state index in [4.69, 9.17) is 9.84 Å². The van der Waals surface area contributed by atoms with Gasteiger partial charge in [0.1, 0.15) is 12.2 Å². The lowest BCUT2D eigenvalue weighted by Gasteiger charge is -2.47. The minimum atomic E-state index is -0.982. The topological polar surface area (TPSA) is 78.9 Å². The molecular formula is C15H26N2O4. The Hall–Kier alpha value is -1.30. The summed E-state index contributed by atoms with van der Waals surface area (Å²) in [6.45, 7) is 6.87. The fourth-order valence-electron chi connectivity index (χ4n) is 3.36. The number of carboxylic acid groups (broad SMARTS) is 1. The van der Waals surface area contributed by atoms with Gasteiger partial charge >= 0.3 is 12.0 Å². The second-order valence-electron chi connectivity index (χ2n) is 6.94. The number of carbonyl (C=O) groups is 2. The second-order valence-corrected chi connectivity index (χ2v) is 6.94. The molecule has 1 saturated carbocycles. The van der Waals surface area contributed by atoms with Crippen molar-refractivity contribution in [3.63, 3.8) is 0 Å². The number of amides is 2. The highest BCUT2D eigenvalue weighted by atomic mass is 16.5. The normalized spacial score (nSPS) is 31.4. The molecule has 1 aliphatic heterocycles. The Labute approximate surface area is 125 Å². The lowest BCUT2D eigenvalue weighted by Crippen LogP contribution is -2.66. The number of aliphatic carboxylic acids is 1. The molecule has 2 rings (SSSR count). The number of carbonyl (C=O) groups excluding carboxylic acids is 1. The summed E-state index contributed by atoms with van der Waals surface area (Å²) in [5, 5.41) is 11.7. The Morgan fingerprint density at radius 3 is 2.57 bits per heavy atom. The van der Waals surface area contributed by atoms with E-state index in [-0.39, 0.29) is 18.7 Å². The number of nitrogens with one attached hydrogen (secondary N) is 1. The predicted octanol–water partition coefficient (Wildman–Crippen LogP) is 1.70. The summed E-state index contributed by atoms with van der Waals surface area (Å²) < 4.78 is 5.31. The van der Waals surface area contributed by atoms with Crippen molar-refractivity contribution in [1.82, 2.24) is 10.2 Å². The first-order valence-corrected chi connectivity index (χ1v) is 7.70. The number of urea groups is 1. The van der Waals surface area contributed by atoms with Crippen molar-refractivity contribution in [2.45, 2.75) is 51.7 Å². The third kappa shape index (κ3) is 4.09. The molecule has 1 aliphatic carbocycles. The molecule has 0 aromatic heterocycles. The highest BCUT2D eigenvalue weighted by Crippen LogP contribution is 2.30. The van der Waals surface area contributed by atoms with Gasteiger partial charge in [-0.1, -0.05) is 13.8 Å². The van der Waals surface area contributed by atoms with Crippen molar-refractivity contribution in [1.29, 1.82) is 0 Å². The largest absolute Gasteiger partial charge is 0.480 e. The molecule has 6 nitrogen and oxygen atoms in total. The van der Waals surface area contributed by atoms with E-state index in [1.165, 1.54) is 0 Å². The van der Waals surface area contributed by atoms with E-state index in [9.17, 15) is 9.59 Å². The van der Waals surface area contributed by atoms with Crippen LogP contribution in [0.3, 0.4) is 0 Å². The van der Waals surface area contributed by atoms with Gasteiger partial charge in [-0.2, -0.15) is 0 Å². The molecule has 2 aliphatic rings. The van der Waals surface area contributed by atoms with Crippen molar-refractivity contribution in [2.24, 2.45) is 11.8 Å². The lowest BCUT2D eigenvalue weighted by atomic mass is 9.80. The summed E-state index contributed by atoms with van der Waals surface area (Å²) in [6, 6.07) is 0.193. The fourth-order valence-corrected chi connectivity index (χ4v) is 3.36. The molecule has 21 heavy (non-hydrogen) atoms. The zero-order valence-corrected chi connectivity index (χ0v) is 13.1. The SMILES string of the molecule is CC1CCC(NC(=O)N2CC(C)(OCC(=O)O)C2)C(C)C1. The molecule has 2 amide bonds. The van der Waals surface area contributed by atoms with Crippen LogP contribution in [0, 0.1) is 11.8 Å². The van der Waals surface area contributed by atoms with Crippen LogP contribution >= 0.6 is 0 Å². The van der Waals surface area contributed by atoms with E-state index < -0.39 is 11.6 Å². The van der Waals surface area contributed by atoms with Gasteiger partial charge in [-0.15, -0.1) is 0 Å². The van der Waals surface area contributed by atoms with Crippen molar-refractivity contribution < 1.29 is 19.4 Å². The highest BCUT2D eigenvalue weighted by Gasteiger charge is 2.43. The van der Waals surface area contributed by atoms with Gasteiger partial charge in [-0.3, -0.25) is 0 Å². The van der Waals surface area contributed by atoms with E-state index in [2.05, 4.69) is 19.2 Å². The van der Waals surface area contributed by atoms with Crippen LogP contribution in [0.5, 0.6) is 0 Å². The monoisotopic (exact) mass is 298 g/mol. The molecule has 0 aromatic carbocycles. The van der Waals surface area contributed by atoms with Gasteiger partial charge in [0, 0.05) is 6.04 Å². The molecule has 0 aromatic rings. The van der Waals surface area contributed by atoms with Crippen LogP contribution in [0.2, 0.25) is 0 Å². The molecule has 120 valence electrons.